The van der Waals surface area contributed by atoms with Gasteiger partial charge in [-0.05, 0) is 18.6 Å². The third kappa shape index (κ3) is 5.45. The van der Waals surface area contributed by atoms with Crippen LogP contribution in [0.4, 0.5) is 5.69 Å². The molecule has 0 aliphatic rings. The second-order valence-corrected chi connectivity index (χ2v) is 5.82. The summed E-state index contributed by atoms with van der Waals surface area (Å²) in [6.45, 7) is 2.03. The van der Waals surface area contributed by atoms with Crippen LogP contribution in [0.2, 0.25) is 0 Å². The number of anilines is 1. The van der Waals surface area contributed by atoms with Gasteiger partial charge in [0.15, 0.2) is 5.16 Å². The fraction of sp³-hybridized carbons (Fsp3) is 0.312. The molecular formula is C16H19N3O3S. The second kappa shape index (κ2) is 8.38. The molecule has 0 aliphatic carbocycles. The van der Waals surface area contributed by atoms with Gasteiger partial charge in [0, 0.05) is 23.5 Å². The van der Waals surface area contributed by atoms with Crippen molar-refractivity contribution in [1.82, 2.24) is 9.97 Å². The lowest BCUT2D eigenvalue weighted by atomic mass is 10.2. The van der Waals surface area contributed by atoms with Gasteiger partial charge in [-0.3, -0.25) is 9.59 Å². The molecule has 0 saturated heterocycles. The number of carbonyl (C=O) groups is 1. The Bertz CT molecular complexity index is 731. The number of nitrogens with zero attached hydrogens (tertiary/aromatic N) is 1. The van der Waals surface area contributed by atoms with Gasteiger partial charge in [0.25, 0.3) is 5.56 Å². The minimum atomic E-state index is -0.195. The zero-order chi connectivity index (χ0) is 16.7. The maximum atomic E-state index is 12.0. The first-order valence-corrected chi connectivity index (χ1v) is 8.26. The first-order valence-electron chi connectivity index (χ1n) is 7.27. The van der Waals surface area contributed by atoms with Crippen molar-refractivity contribution in [1.29, 1.82) is 0 Å². The molecule has 1 aromatic carbocycles. The van der Waals surface area contributed by atoms with Gasteiger partial charge in [-0.1, -0.05) is 31.2 Å². The van der Waals surface area contributed by atoms with E-state index in [1.54, 1.807) is 31.4 Å². The number of methoxy groups -OCH3 is 1. The van der Waals surface area contributed by atoms with Crippen LogP contribution in [0, 0.1) is 0 Å². The summed E-state index contributed by atoms with van der Waals surface area (Å²) < 4.78 is 5.11. The van der Waals surface area contributed by atoms with Gasteiger partial charge in [-0.25, -0.2) is 4.98 Å². The molecule has 6 nitrogen and oxygen atoms in total. The fourth-order valence-corrected chi connectivity index (χ4v) is 2.66. The van der Waals surface area contributed by atoms with E-state index in [-0.39, 0.29) is 17.2 Å². The smallest absolute Gasteiger partial charge is 0.251 e. The molecule has 0 bridgehead atoms. The lowest BCUT2D eigenvalue weighted by molar-refractivity contribution is -0.113. The zero-order valence-corrected chi connectivity index (χ0v) is 13.9. The summed E-state index contributed by atoms with van der Waals surface area (Å²) >= 11 is 1.20. The Balaban J connectivity index is 1.95. The van der Waals surface area contributed by atoms with Crippen LogP contribution in [0.15, 0.2) is 40.3 Å². The van der Waals surface area contributed by atoms with Crippen LogP contribution >= 0.6 is 11.8 Å². The molecule has 1 amide bonds. The molecule has 1 heterocycles. The molecule has 1 aromatic heterocycles. The SMILES string of the molecule is CCCc1cc(=O)[nH]c(SCC(=O)Nc2cccc(OC)c2)n1. The average molecular weight is 333 g/mol. The predicted octanol–water partition coefficient (Wildman–Crippen LogP) is 2.46. The van der Waals surface area contributed by atoms with Crippen LogP contribution < -0.4 is 15.6 Å². The number of hydrogen-bond acceptors (Lipinski definition) is 5. The molecule has 0 atom stereocenters. The molecule has 0 saturated carbocycles. The molecule has 0 spiro atoms. The lowest BCUT2D eigenvalue weighted by Crippen LogP contribution is -2.16. The highest BCUT2D eigenvalue weighted by Crippen LogP contribution is 2.18. The molecule has 2 N–H and O–H groups in total. The maximum absolute atomic E-state index is 12.0. The number of hydrogen-bond donors (Lipinski definition) is 2. The Kier molecular flexibility index (Phi) is 6.22. The Labute approximate surface area is 138 Å². The van der Waals surface area contributed by atoms with E-state index >= 15 is 0 Å². The fourth-order valence-electron chi connectivity index (χ4n) is 1.97. The van der Waals surface area contributed by atoms with Crippen LogP contribution in [0.1, 0.15) is 19.0 Å². The number of H-pyrrole nitrogens is 1. The third-order valence-electron chi connectivity index (χ3n) is 2.97. The van der Waals surface area contributed by atoms with E-state index in [0.717, 1.165) is 18.5 Å². The number of ether oxygens (including phenoxy) is 1. The molecule has 0 unspecified atom stereocenters. The molecule has 2 rings (SSSR count). The van der Waals surface area contributed by atoms with E-state index < -0.39 is 0 Å². The molecule has 122 valence electrons. The van der Waals surface area contributed by atoms with E-state index in [1.165, 1.54) is 17.8 Å². The first-order chi connectivity index (χ1) is 11.1. The van der Waals surface area contributed by atoms with Crippen molar-refractivity contribution in [3.8, 4) is 5.75 Å². The van der Waals surface area contributed by atoms with Crippen molar-refractivity contribution in [3.63, 3.8) is 0 Å². The third-order valence-corrected chi connectivity index (χ3v) is 3.85. The minimum absolute atomic E-state index is 0.162. The first kappa shape index (κ1) is 17.1. The summed E-state index contributed by atoms with van der Waals surface area (Å²) in [6.07, 6.45) is 1.66. The summed E-state index contributed by atoms with van der Waals surface area (Å²) in [4.78, 5) is 30.5. The molecule has 0 fully saturated rings. The van der Waals surface area contributed by atoms with E-state index in [4.69, 9.17) is 4.74 Å². The Morgan fingerprint density at radius 1 is 1.39 bits per heavy atom. The number of amides is 1. The number of benzene rings is 1. The van der Waals surface area contributed by atoms with E-state index in [0.29, 0.717) is 16.6 Å². The van der Waals surface area contributed by atoms with Gasteiger partial charge in [-0.15, -0.1) is 0 Å². The topological polar surface area (TPSA) is 84.1 Å². The summed E-state index contributed by atoms with van der Waals surface area (Å²) in [5.74, 6) is 0.663. The Hall–Kier alpha value is -2.28. The molecule has 2 aromatic rings. The van der Waals surface area contributed by atoms with E-state index in [9.17, 15) is 9.59 Å². The van der Waals surface area contributed by atoms with Gasteiger partial charge < -0.3 is 15.0 Å². The van der Waals surface area contributed by atoms with Gasteiger partial charge in [0.1, 0.15) is 5.75 Å². The quantitative estimate of drug-likeness (QED) is 0.601. The van der Waals surface area contributed by atoms with Crippen molar-refractivity contribution in [2.75, 3.05) is 18.2 Å². The summed E-state index contributed by atoms with van der Waals surface area (Å²) in [7, 11) is 1.57. The van der Waals surface area contributed by atoms with Crippen LogP contribution in [0.3, 0.4) is 0 Å². The number of aryl methyl sites for hydroxylation is 1. The monoisotopic (exact) mass is 333 g/mol. The van der Waals surface area contributed by atoms with Crippen molar-refractivity contribution in [3.05, 3.63) is 46.4 Å². The Morgan fingerprint density at radius 2 is 2.22 bits per heavy atom. The molecular weight excluding hydrogens is 314 g/mol. The van der Waals surface area contributed by atoms with Crippen molar-refractivity contribution in [2.24, 2.45) is 0 Å². The molecule has 7 heteroatoms. The highest BCUT2D eigenvalue weighted by atomic mass is 32.2. The summed E-state index contributed by atoms with van der Waals surface area (Å²) in [5.41, 5.74) is 1.21. The summed E-state index contributed by atoms with van der Waals surface area (Å²) in [6, 6.07) is 8.62. The van der Waals surface area contributed by atoms with Crippen LogP contribution in [0.5, 0.6) is 5.75 Å². The number of nitrogens with one attached hydrogen (secondary N) is 2. The van der Waals surface area contributed by atoms with Crippen molar-refractivity contribution >= 4 is 23.4 Å². The summed E-state index contributed by atoms with van der Waals surface area (Å²) in [5, 5.41) is 3.24. The van der Waals surface area contributed by atoms with Crippen LogP contribution in [0.25, 0.3) is 0 Å². The van der Waals surface area contributed by atoms with Gasteiger partial charge >= 0.3 is 0 Å². The zero-order valence-electron chi connectivity index (χ0n) is 13.1. The standard InChI is InChI=1S/C16H19N3O3S/c1-3-5-11-9-14(20)19-16(18-11)23-10-15(21)17-12-6-4-7-13(8-12)22-2/h4,6-9H,3,5,10H2,1-2H3,(H,17,21)(H,18,19,20). The number of carbonyl (C=O) groups excluding carboxylic acids is 1. The molecule has 0 aliphatic heterocycles. The molecule has 23 heavy (non-hydrogen) atoms. The van der Waals surface area contributed by atoms with Crippen LogP contribution in [-0.4, -0.2) is 28.7 Å². The normalized spacial score (nSPS) is 10.3. The number of aromatic nitrogens is 2. The molecule has 0 radical (unpaired) electrons. The van der Waals surface area contributed by atoms with Gasteiger partial charge in [0.2, 0.25) is 5.91 Å². The maximum Gasteiger partial charge on any atom is 0.251 e. The Morgan fingerprint density at radius 3 is 2.96 bits per heavy atom. The average Bonchev–Trinajstić information content (AvgIpc) is 2.53. The van der Waals surface area contributed by atoms with Crippen LogP contribution in [-0.2, 0) is 11.2 Å². The highest BCUT2D eigenvalue weighted by molar-refractivity contribution is 7.99. The van der Waals surface area contributed by atoms with Gasteiger partial charge in [-0.2, -0.15) is 0 Å². The number of aromatic amines is 1. The highest BCUT2D eigenvalue weighted by Gasteiger charge is 2.07. The van der Waals surface area contributed by atoms with Gasteiger partial charge in [0.05, 0.1) is 12.9 Å². The van der Waals surface area contributed by atoms with Crippen molar-refractivity contribution in [2.45, 2.75) is 24.9 Å². The number of thioether (sulfide) groups is 1. The predicted molar refractivity (Wildman–Crippen MR) is 91.2 cm³/mol. The number of rotatable bonds is 7. The minimum Gasteiger partial charge on any atom is -0.497 e. The second-order valence-electron chi connectivity index (χ2n) is 4.86. The van der Waals surface area contributed by atoms with Crippen molar-refractivity contribution < 1.29 is 9.53 Å². The van der Waals surface area contributed by atoms with E-state index in [2.05, 4.69) is 15.3 Å². The lowest BCUT2D eigenvalue weighted by Gasteiger charge is -2.07. The largest absolute Gasteiger partial charge is 0.497 e. The van der Waals surface area contributed by atoms with E-state index in [1.807, 2.05) is 6.92 Å².